The Morgan fingerprint density at radius 1 is 1.18 bits per heavy atom. The van der Waals surface area contributed by atoms with Crippen molar-refractivity contribution in [2.45, 2.75) is 36.2 Å². The molecule has 4 rings (SSSR count). The molecule has 0 spiro atoms. The van der Waals surface area contributed by atoms with E-state index in [4.69, 9.17) is 10.5 Å². The number of aromatic hydroxyl groups is 1. The van der Waals surface area contributed by atoms with Crippen molar-refractivity contribution in [3.05, 3.63) is 41.2 Å². The van der Waals surface area contributed by atoms with Crippen LogP contribution in [0, 0.1) is 11.8 Å². The predicted octanol–water partition coefficient (Wildman–Crippen LogP) is -1.11. The zero-order valence-corrected chi connectivity index (χ0v) is 18.1. The number of primary amides is 1. The molecule has 11 nitrogen and oxygen atoms in total. The minimum atomic E-state index is -3.34. The third-order valence-electron chi connectivity index (χ3n) is 7.18. The Labute approximate surface area is 188 Å². The van der Waals surface area contributed by atoms with E-state index >= 15 is 0 Å². The third kappa shape index (κ3) is 2.66. The Kier molecular flexibility index (Phi) is 4.76. The molecule has 0 bridgehead atoms. The lowest BCUT2D eigenvalue weighted by Gasteiger charge is -2.52. The number of nitrogens with zero attached hydrogens (tertiary/aromatic N) is 1. The van der Waals surface area contributed by atoms with Crippen LogP contribution in [0.3, 0.4) is 0 Å². The number of hydrogen-bond acceptors (Lipinski definition) is 10. The van der Waals surface area contributed by atoms with Crippen molar-refractivity contribution >= 4 is 23.4 Å². The molecule has 3 aliphatic rings. The van der Waals surface area contributed by atoms with E-state index < -0.39 is 63.9 Å². The maximum Gasteiger partial charge on any atom is 0.343 e. The van der Waals surface area contributed by atoms with E-state index in [0.29, 0.717) is 5.56 Å². The van der Waals surface area contributed by atoms with Gasteiger partial charge in [0.05, 0.1) is 6.04 Å². The molecular weight excluding hydrogens is 436 g/mol. The highest BCUT2D eigenvalue weighted by atomic mass is 16.6. The highest BCUT2D eigenvalue weighted by Gasteiger charge is 2.72. The molecule has 1 aromatic rings. The second-order valence-corrected chi connectivity index (χ2v) is 9.14. The lowest BCUT2D eigenvalue weighted by Crippen LogP contribution is -2.77. The number of nitrogens with two attached hydrogens (primary N) is 1. The van der Waals surface area contributed by atoms with Gasteiger partial charge in [-0.3, -0.25) is 19.3 Å². The van der Waals surface area contributed by atoms with Gasteiger partial charge in [0.25, 0.3) is 11.5 Å². The molecule has 1 fully saturated rings. The zero-order valence-electron chi connectivity index (χ0n) is 18.1. The molecule has 6 N–H and O–H groups in total. The number of ether oxygens (including phenoxy) is 1. The number of benzene rings is 1. The molecule has 1 amide bonds. The van der Waals surface area contributed by atoms with Crippen LogP contribution in [-0.2, 0) is 24.7 Å². The van der Waals surface area contributed by atoms with Crippen LogP contribution in [0.1, 0.15) is 29.3 Å². The second kappa shape index (κ2) is 6.86. The van der Waals surface area contributed by atoms with Crippen LogP contribution in [0.25, 0.3) is 0 Å². The normalized spacial score (nSPS) is 37.9. The quantitative estimate of drug-likeness (QED) is 0.273. The maximum atomic E-state index is 13.1. The van der Waals surface area contributed by atoms with Crippen LogP contribution in [0.15, 0.2) is 30.0 Å². The first-order valence-corrected chi connectivity index (χ1v) is 10.2. The molecule has 176 valence electrons. The number of likely N-dealkylation sites (N-methyl/N-ethyl adjacent to an activating group) is 1. The number of esters is 1. The number of phenolic OH excluding ortho intramolecular Hbond substituents is 1. The molecule has 0 aromatic heterocycles. The van der Waals surface area contributed by atoms with Crippen molar-refractivity contribution in [2.75, 3.05) is 14.1 Å². The average Bonchev–Trinajstić information content (AvgIpc) is 3.00. The fourth-order valence-corrected chi connectivity index (χ4v) is 5.40. The van der Waals surface area contributed by atoms with Gasteiger partial charge in [-0.15, -0.1) is 0 Å². The van der Waals surface area contributed by atoms with Gasteiger partial charge in [-0.1, -0.05) is 12.1 Å². The minimum Gasteiger partial charge on any atom is -0.509 e. The number of carbonyl (C=O) groups is 4. The van der Waals surface area contributed by atoms with Crippen LogP contribution < -0.4 is 5.73 Å². The zero-order chi connectivity index (χ0) is 24.7. The first-order valence-electron chi connectivity index (χ1n) is 10.2. The number of aliphatic hydroxyl groups excluding tert-OH is 1. The van der Waals surface area contributed by atoms with Gasteiger partial charge < -0.3 is 30.9 Å². The number of carbonyl (C=O) groups excluding carboxylic acids is 4. The third-order valence-corrected chi connectivity index (χ3v) is 7.18. The standard InChI is InChI=1S/C22H24N2O9/c1-20(10-5-4-6-12(25)14(10)17(28)33-20)9-7-11-15(24(2)3)16(27)22(32,19(23)30)18(29)21(11,31)13(26)8-9/h4-6,8-9,11,15,25-26,31-32H,7H2,1-3H3,(H2,23,30)/t9-,11-,15-,20+,21-,22?/m0/s1. The molecule has 1 unspecified atom stereocenters. The van der Waals surface area contributed by atoms with E-state index in [1.807, 2.05) is 0 Å². The summed E-state index contributed by atoms with van der Waals surface area (Å²) < 4.78 is 5.59. The molecule has 11 heteroatoms. The highest BCUT2D eigenvalue weighted by Crippen LogP contribution is 2.53. The largest absolute Gasteiger partial charge is 0.509 e. The summed E-state index contributed by atoms with van der Waals surface area (Å²) in [5, 5.41) is 43.0. The number of rotatable bonds is 3. The summed E-state index contributed by atoms with van der Waals surface area (Å²) in [7, 11) is 2.88. The number of cyclic esters (lactones) is 1. The van der Waals surface area contributed by atoms with E-state index in [-0.39, 0.29) is 17.7 Å². The molecule has 1 aromatic carbocycles. The second-order valence-electron chi connectivity index (χ2n) is 9.14. The van der Waals surface area contributed by atoms with Gasteiger partial charge in [0.2, 0.25) is 5.78 Å². The van der Waals surface area contributed by atoms with Crippen molar-refractivity contribution in [3.63, 3.8) is 0 Å². The van der Waals surface area contributed by atoms with Crippen molar-refractivity contribution in [1.82, 2.24) is 4.90 Å². The number of aliphatic hydroxyl groups is 3. The number of amides is 1. The SMILES string of the molecule is CN(C)[C@@H]1C(=O)C(O)(C(N)=O)C(=O)[C@@]2(O)C(O)=C[C@@H]([C@@]3(C)OC(=O)c4c(O)cccc43)C[C@@H]12. The van der Waals surface area contributed by atoms with Gasteiger partial charge in [0, 0.05) is 17.4 Å². The van der Waals surface area contributed by atoms with Crippen molar-refractivity contribution in [2.24, 2.45) is 17.6 Å². The van der Waals surface area contributed by atoms with E-state index in [9.17, 15) is 39.6 Å². The van der Waals surface area contributed by atoms with Crippen LogP contribution in [-0.4, -0.2) is 80.1 Å². The Morgan fingerprint density at radius 2 is 1.82 bits per heavy atom. The van der Waals surface area contributed by atoms with Crippen molar-refractivity contribution in [1.29, 1.82) is 0 Å². The highest BCUT2D eigenvalue weighted by molar-refractivity contribution is 6.32. The summed E-state index contributed by atoms with van der Waals surface area (Å²) in [5.41, 5.74) is -2.10. The Bertz CT molecular complexity index is 1140. The van der Waals surface area contributed by atoms with Crippen LogP contribution in [0.4, 0.5) is 0 Å². The van der Waals surface area contributed by atoms with Crippen molar-refractivity contribution < 1.29 is 44.3 Å². The number of phenols is 1. The molecule has 2 aliphatic carbocycles. The molecule has 1 saturated carbocycles. The number of fused-ring (bicyclic) bond motifs is 2. The molecule has 0 radical (unpaired) electrons. The molecule has 33 heavy (non-hydrogen) atoms. The molecule has 6 atom stereocenters. The molecule has 1 heterocycles. The smallest absolute Gasteiger partial charge is 0.343 e. The Hall–Kier alpha value is -3.28. The molecule has 1 aliphatic heterocycles. The molecule has 0 saturated heterocycles. The number of ketones is 2. The van der Waals surface area contributed by atoms with Gasteiger partial charge in [0.15, 0.2) is 11.4 Å². The average molecular weight is 460 g/mol. The fraction of sp³-hybridized carbons (Fsp3) is 0.455. The van der Waals surface area contributed by atoms with Gasteiger partial charge in [-0.2, -0.15) is 0 Å². The number of hydrogen-bond donors (Lipinski definition) is 5. The van der Waals surface area contributed by atoms with Crippen molar-refractivity contribution in [3.8, 4) is 5.75 Å². The predicted molar refractivity (Wildman–Crippen MR) is 110 cm³/mol. The lowest BCUT2D eigenvalue weighted by atomic mass is 9.57. The van der Waals surface area contributed by atoms with E-state index in [1.165, 1.54) is 31.1 Å². The summed E-state index contributed by atoms with van der Waals surface area (Å²) >= 11 is 0. The summed E-state index contributed by atoms with van der Waals surface area (Å²) in [6, 6.07) is 3.01. The fourth-order valence-electron chi connectivity index (χ4n) is 5.40. The Morgan fingerprint density at radius 3 is 2.39 bits per heavy atom. The summed E-state index contributed by atoms with van der Waals surface area (Å²) in [5.74, 6) is -8.67. The monoisotopic (exact) mass is 460 g/mol. The van der Waals surface area contributed by atoms with Gasteiger partial charge in [-0.05, 0) is 39.6 Å². The Balaban J connectivity index is 1.89. The topological polar surface area (TPSA) is 188 Å². The lowest BCUT2D eigenvalue weighted by molar-refractivity contribution is -0.189. The van der Waals surface area contributed by atoms with Gasteiger partial charge in [-0.25, -0.2) is 4.79 Å². The van der Waals surface area contributed by atoms with E-state index in [0.717, 1.165) is 6.08 Å². The van der Waals surface area contributed by atoms with E-state index in [2.05, 4.69) is 0 Å². The van der Waals surface area contributed by atoms with Crippen LogP contribution in [0.2, 0.25) is 0 Å². The summed E-state index contributed by atoms with van der Waals surface area (Å²) in [6.45, 7) is 1.55. The molecular formula is C22H24N2O9. The minimum absolute atomic E-state index is 0.0446. The van der Waals surface area contributed by atoms with Gasteiger partial charge >= 0.3 is 5.97 Å². The first-order chi connectivity index (χ1) is 15.2. The van der Waals surface area contributed by atoms with E-state index in [1.54, 1.807) is 13.0 Å². The van der Waals surface area contributed by atoms with Crippen LogP contribution in [0.5, 0.6) is 5.75 Å². The number of Topliss-reactive ketones (excluding diaryl/α,β-unsaturated/α-hetero) is 2. The van der Waals surface area contributed by atoms with Gasteiger partial charge in [0.1, 0.15) is 22.7 Å². The summed E-state index contributed by atoms with van der Waals surface area (Å²) in [4.78, 5) is 51.9. The summed E-state index contributed by atoms with van der Waals surface area (Å²) in [6.07, 6.45) is 0.944. The first kappa shape index (κ1) is 22.9. The van der Waals surface area contributed by atoms with Crippen LogP contribution >= 0.6 is 0 Å². The maximum absolute atomic E-state index is 13.1.